The minimum atomic E-state index is -0.962. The van der Waals surface area contributed by atoms with E-state index in [0.717, 1.165) is 0 Å². The highest BCUT2D eigenvalue weighted by molar-refractivity contribution is 7.11. The number of hydrogen-bond acceptors (Lipinski definition) is 4. The van der Waals surface area contributed by atoms with Gasteiger partial charge in [-0.2, -0.15) is 0 Å². The molecule has 0 fully saturated rings. The molecular weight excluding hydrogens is 288 g/mol. The number of carbonyl (C=O) groups is 1. The molecule has 0 bridgehead atoms. The standard InChI is InChI=1S/C16H16O4S/c1-3-20-14-10-12(19-2)7-6-11(14)9-13(16(17)18)15-5-4-8-21-15/h4-10H,3H2,1-2H3,(H,17,18)/b13-9-. The van der Waals surface area contributed by atoms with Gasteiger partial charge in [0.05, 0.1) is 19.3 Å². The van der Waals surface area contributed by atoms with Crippen LogP contribution in [0.1, 0.15) is 17.4 Å². The Bertz CT molecular complexity index is 644. The van der Waals surface area contributed by atoms with E-state index in [9.17, 15) is 9.90 Å². The molecule has 0 aliphatic carbocycles. The van der Waals surface area contributed by atoms with E-state index in [4.69, 9.17) is 9.47 Å². The van der Waals surface area contributed by atoms with Crippen molar-refractivity contribution >= 4 is 29.0 Å². The highest BCUT2D eigenvalue weighted by Gasteiger charge is 2.13. The Hall–Kier alpha value is -2.27. The summed E-state index contributed by atoms with van der Waals surface area (Å²) in [4.78, 5) is 12.2. The van der Waals surface area contributed by atoms with Crippen molar-refractivity contribution in [3.8, 4) is 11.5 Å². The Morgan fingerprint density at radius 2 is 2.19 bits per heavy atom. The molecule has 110 valence electrons. The molecule has 5 heteroatoms. The Kier molecular flexibility index (Phi) is 5.00. The monoisotopic (exact) mass is 304 g/mol. The maximum absolute atomic E-state index is 11.5. The maximum atomic E-state index is 11.5. The van der Waals surface area contributed by atoms with Gasteiger partial charge in [0.15, 0.2) is 0 Å². The average Bonchev–Trinajstić information content (AvgIpc) is 2.99. The molecule has 0 spiro atoms. The number of carboxylic acid groups (broad SMARTS) is 1. The summed E-state index contributed by atoms with van der Waals surface area (Å²) in [5.41, 5.74) is 0.958. The third-order valence-electron chi connectivity index (χ3n) is 2.84. The van der Waals surface area contributed by atoms with Gasteiger partial charge in [0.2, 0.25) is 0 Å². The number of thiophene rings is 1. The second-order valence-electron chi connectivity index (χ2n) is 4.18. The van der Waals surface area contributed by atoms with Crippen LogP contribution >= 0.6 is 11.3 Å². The van der Waals surface area contributed by atoms with Gasteiger partial charge in [0.25, 0.3) is 0 Å². The van der Waals surface area contributed by atoms with Crippen LogP contribution < -0.4 is 9.47 Å². The van der Waals surface area contributed by atoms with Gasteiger partial charge in [0, 0.05) is 16.5 Å². The van der Waals surface area contributed by atoms with Crippen LogP contribution in [0, 0.1) is 0 Å². The van der Waals surface area contributed by atoms with E-state index in [1.807, 2.05) is 18.4 Å². The Balaban J connectivity index is 2.48. The van der Waals surface area contributed by atoms with Gasteiger partial charge in [-0.15, -0.1) is 11.3 Å². The lowest BCUT2D eigenvalue weighted by Crippen LogP contribution is -1.99. The third-order valence-corrected chi connectivity index (χ3v) is 3.74. The van der Waals surface area contributed by atoms with Crippen LogP contribution in [-0.4, -0.2) is 24.8 Å². The molecule has 1 heterocycles. The first-order chi connectivity index (χ1) is 10.2. The topological polar surface area (TPSA) is 55.8 Å². The van der Waals surface area contributed by atoms with Crippen molar-refractivity contribution in [3.05, 3.63) is 46.2 Å². The van der Waals surface area contributed by atoms with E-state index >= 15 is 0 Å². The molecule has 0 aliphatic heterocycles. The van der Waals surface area contributed by atoms with Gasteiger partial charge < -0.3 is 14.6 Å². The smallest absolute Gasteiger partial charge is 0.337 e. The van der Waals surface area contributed by atoms with Crippen LogP contribution in [0.5, 0.6) is 11.5 Å². The molecule has 0 amide bonds. The summed E-state index contributed by atoms with van der Waals surface area (Å²) in [5, 5.41) is 11.3. The predicted octanol–water partition coefficient (Wildman–Crippen LogP) is 3.78. The van der Waals surface area contributed by atoms with Crippen molar-refractivity contribution < 1.29 is 19.4 Å². The maximum Gasteiger partial charge on any atom is 0.337 e. The molecule has 0 aliphatic rings. The second kappa shape index (κ2) is 6.95. The van der Waals surface area contributed by atoms with Gasteiger partial charge in [0.1, 0.15) is 11.5 Å². The number of carboxylic acids is 1. The Morgan fingerprint density at radius 1 is 1.38 bits per heavy atom. The predicted molar refractivity (Wildman–Crippen MR) is 84.0 cm³/mol. The lowest BCUT2D eigenvalue weighted by molar-refractivity contribution is -0.130. The average molecular weight is 304 g/mol. The normalized spacial score (nSPS) is 11.2. The van der Waals surface area contributed by atoms with Crippen LogP contribution in [0.25, 0.3) is 11.6 Å². The van der Waals surface area contributed by atoms with Crippen molar-refractivity contribution in [2.45, 2.75) is 6.92 Å². The van der Waals surface area contributed by atoms with Crippen LogP contribution in [0.15, 0.2) is 35.7 Å². The van der Waals surface area contributed by atoms with E-state index in [2.05, 4.69) is 0 Å². The zero-order chi connectivity index (χ0) is 15.2. The molecular formula is C16H16O4S. The fourth-order valence-corrected chi connectivity index (χ4v) is 2.60. The van der Waals surface area contributed by atoms with E-state index < -0.39 is 5.97 Å². The quantitative estimate of drug-likeness (QED) is 0.825. The fraction of sp³-hybridized carbons (Fsp3) is 0.188. The molecule has 21 heavy (non-hydrogen) atoms. The number of benzene rings is 1. The zero-order valence-electron chi connectivity index (χ0n) is 11.8. The van der Waals surface area contributed by atoms with E-state index in [1.165, 1.54) is 11.3 Å². The Labute approximate surface area is 127 Å². The molecule has 0 radical (unpaired) electrons. The van der Waals surface area contributed by atoms with Gasteiger partial charge in [-0.25, -0.2) is 4.79 Å². The summed E-state index contributed by atoms with van der Waals surface area (Å²) >= 11 is 1.39. The van der Waals surface area contributed by atoms with Crippen LogP contribution in [-0.2, 0) is 4.79 Å². The zero-order valence-corrected chi connectivity index (χ0v) is 12.6. The molecule has 0 atom stereocenters. The lowest BCUT2D eigenvalue weighted by Gasteiger charge is -2.10. The third kappa shape index (κ3) is 3.64. The fourth-order valence-electron chi connectivity index (χ4n) is 1.87. The summed E-state index contributed by atoms with van der Waals surface area (Å²) in [6, 6.07) is 8.94. The van der Waals surface area contributed by atoms with E-state index in [-0.39, 0.29) is 5.57 Å². The summed E-state index contributed by atoms with van der Waals surface area (Å²) in [6.45, 7) is 2.37. The molecule has 4 nitrogen and oxygen atoms in total. The minimum absolute atomic E-state index is 0.246. The summed E-state index contributed by atoms with van der Waals surface area (Å²) in [5.74, 6) is 0.312. The van der Waals surface area contributed by atoms with Crippen molar-refractivity contribution in [2.24, 2.45) is 0 Å². The molecule has 1 aromatic heterocycles. The van der Waals surface area contributed by atoms with Crippen LogP contribution in [0.2, 0.25) is 0 Å². The molecule has 2 rings (SSSR count). The molecule has 2 aromatic rings. The SMILES string of the molecule is CCOc1cc(OC)ccc1/C=C(\C(=O)O)c1cccs1. The van der Waals surface area contributed by atoms with E-state index in [0.29, 0.717) is 28.5 Å². The first-order valence-electron chi connectivity index (χ1n) is 6.45. The minimum Gasteiger partial charge on any atom is -0.497 e. The number of aliphatic carboxylic acids is 1. The second-order valence-corrected chi connectivity index (χ2v) is 5.12. The number of rotatable bonds is 6. The van der Waals surface area contributed by atoms with E-state index in [1.54, 1.807) is 37.5 Å². The number of ether oxygens (including phenoxy) is 2. The largest absolute Gasteiger partial charge is 0.497 e. The van der Waals surface area contributed by atoms with Crippen molar-refractivity contribution in [2.75, 3.05) is 13.7 Å². The Morgan fingerprint density at radius 3 is 2.76 bits per heavy atom. The summed E-state index contributed by atoms with van der Waals surface area (Å²) < 4.78 is 10.7. The van der Waals surface area contributed by atoms with Gasteiger partial charge >= 0.3 is 5.97 Å². The molecule has 1 aromatic carbocycles. The summed E-state index contributed by atoms with van der Waals surface area (Å²) in [6.07, 6.45) is 1.62. The first-order valence-corrected chi connectivity index (χ1v) is 7.33. The van der Waals surface area contributed by atoms with Crippen molar-refractivity contribution in [1.82, 2.24) is 0 Å². The highest BCUT2D eigenvalue weighted by atomic mass is 32.1. The molecule has 1 N–H and O–H groups in total. The molecule has 0 saturated heterocycles. The number of hydrogen-bond donors (Lipinski definition) is 1. The molecule has 0 saturated carbocycles. The van der Waals surface area contributed by atoms with Gasteiger partial charge in [-0.1, -0.05) is 6.07 Å². The van der Waals surface area contributed by atoms with Crippen molar-refractivity contribution in [3.63, 3.8) is 0 Å². The highest BCUT2D eigenvalue weighted by Crippen LogP contribution is 2.30. The molecule has 0 unspecified atom stereocenters. The van der Waals surface area contributed by atoms with Crippen molar-refractivity contribution in [1.29, 1.82) is 0 Å². The van der Waals surface area contributed by atoms with Gasteiger partial charge in [-0.3, -0.25) is 0 Å². The lowest BCUT2D eigenvalue weighted by atomic mass is 10.1. The van der Waals surface area contributed by atoms with Crippen LogP contribution in [0.3, 0.4) is 0 Å². The number of methoxy groups -OCH3 is 1. The summed E-state index contributed by atoms with van der Waals surface area (Å²) in [7, 11) is 1.58. The van der Waals surface area contributed by atoms with Crippen LogP contribution in [0.4, 0.5) is 0 Å². The first kappa shape index (κ1) is 15.1. The van der Waals surface area contributed by atoms with Gasteiger partial charge in [-0.05, 0) is 36.6 Å².